The fraction of sp³-hybridized carbons (Fsp3) is 0.280. The smallest absolute Gasteiger partial charge is 0.426 e. The zero-order valence-corrected chi connectivity index (χ0v) is 44.3. The molecule has 25 heteroatoms. The third-order valence-corrected chi connectivity index (χ3v) is 9.62. The van der Waals surface area contributed by atoms with Crippen molar-refractivity contribution >= 4 is 34.1 Å². The summed E-state index contributed by atoms with van der Waals surface area (Å²) < 4.78 is 15.8. The van der Waals surface area contributed by atoms with Gasteiger partial charge in [0.15, 0.2) is 14.9 Å². The lowest BCUT2D eigenvalue weighted by Crippen LogP contribution is -3.00. The summed E-state index contributed by atoms with van der Waals surface area (Å²) in [7, 11) is 4.60. The zero-order chi connectivity index (χ0) is 52.7. The zero-order valence-electron chi connectivity index (χ0n) is 42.1. The Kier molecular flexibility index (Phi) is 33.5. The Balaban J connectivity index is 0.00000105. The maximum Gasteiger partial charge on any atom is 0.426 e. The van der Waals surface area contributed by atoms with Crippen LogP contribution in [0.2, 0.25) is 0 Å². The minimum atomic E-state index is -0.228. The lowest BCUT2D eigenvalue weighted by atomic mass is 10.0. The van der Waals surface area contributed by atoms with E-state index in [1.165, 1.54) is 7.11 Å². The highest BCUT2D eigenvalue weighted by Crippen LogP contribution is 2.37. The van der Waals surface area contributed by atoms with Gasteiger partial charge in [0, 0.05) is 46.2 Å². The molecule has 0 radical (unpaired) electrons. The molecule has 0 bridgehead atoms. The summed E-state index contributed by atoms with van der Waals surface area (Å²) in [6.07, 6.45) is 0. The van der Waals surface area contributed by atoms with Gasteiger partial charge in [0.1, 0.15) is 42.7 Å². The van der Waals surface area contributed by atoms with Gasteiger partial charge in [-0.2, -0.15) is 0 Å². The summed E-state index contributed by atoms with van der Waals surface area (Å²) >= 11 is 0. The molecule has 22 nitrogen and oxygen atoms in total. The van der Waals surface area contributed by atoms with Crippen LogP contribution in [0.4, 0.5) is 34.1 Å². The van der Waals surface area contributed by atoms with E-state index in [0.717, 1.165) is 33.4 Å². The van der Waals surface area contributed by atoms with Gasteiger partial charge >= 0.3 is 17.1 Å². The monoisotopic (exact) mass is 1090 g/mol. The van der Waals surface area contributed by atoms with Crippen molar-refractivity contribution in [2.45, 2.75) is 47.5 Å². The van der Waals surface area contributed by atoms with Crippen LogP contribution in [0.1, 0.15) is 44.4 Å². The number of aliphatic hydroxyl groups is 4. The molecule has 0 aliphatic rings. The highest BCUT2D eigenvalue weighted by molar-refractivity contribution is 5.75. The number of hydrogen-bond acceptors (Lipinski definition) is 19. The van der Waals surface area contributed by atoms with Crippen LogP contribution in [-0.2, 0) is 34.3 Å². The van der Waals surface area contributed by atoms with Crippen LogP contribution in [-0.4, -0.2) is 68.2 Å². The lowest BCUT2D eigenvalue weighted by molar-refractivity contribution is -0.00100. The van der Waals surface area contributed by atoms with Gasteiger partial charge in [-0.15, -0.1) is 15.3 Å². The molecule has 6 rings (SSSR count). The van der Waals surface area contributed by atoms with Crippen molar-refractivity contribution in [3.8, 4) is 50.6 Å². The molecular weight excluding hydrogens is 1030 g/mol. The normalized spacial score (nSPS) is 9.92. The molecule has 4 N–H and O–H groups in total. The molecule has 75 heavy (non-hydrogen) atoms. The van der Waals surface area contributed by atoms with E-state index in [0.29, 0.717) is 87.9 Å². The second-order valence-electron chi connectivity index (χ2n) is 14.1. The van der Waals surface area contributed by atoms with E-state index in [1.54, 1.807) is 93.9 Å². The van der Waals surface area contributed by atoms with Crippen molar-refractivity contribution in [2.75, 3.05) is 47.8 Å². The molecule has 0 unspecified atom stereocenters. The molecule has 0 aliphatic carbocycles. The van der Waals surface area contributed by atoms with Crippen molar-refractivity contribution in [3.05, 3.63) is 141 Å². The Morgan fingerprint density at radius 1 is 0.387 bits per heavy atom. The van der Waals surface area contributed by atoms with Crippen LogP contribution in [0.15, 0.2) is 140 Å². The number of ether oxygens (including phenoxy) is 3. The molecule has 0 aromatic heterocycles. The summed E-state index contributed by atoms with van der Waals surface area (Å²) in [6, 6.07) is 31.9. The van der Waals surface area contributed by atoms with Gasteiger partial charge in [0.2, 0.25) is 21.9 Å². The summed E-state index contributed by atoms with van der Waals surface area (Å²) in [5, 5.41) is 85.1. The number of rotatable bonds is 18. The predicted octanol–water partition coefficient (Wildman–Crippen LogP) is 4.13. The van der Waals surface area contributed by atoms with E-state index < -0.39 is 0 Å². The predicted molar refractivity (Wildman–Crippen MR) is 268 cm³/mol. The van der Waals surface area contributed by atoms with Crippen LogP contribution in [0.25, 0.3) is 48.3 Å². The number of benzene rings is 6. The van der Waals surface area contributed by atoms with Crippen LogP contribution >= 0.6 is 0 Å². The second kappa shape index (κ2) is 37.6. The summed E-state index contributed by atoms with van der Waals surface area (Å²) in [6.45, 7) is 8.11. The number of hydrogen-bond donors (Lipinski definition) is 4. The highest BCUT2D eigenvalue weighted by atomic mass is 35.5. The third kappa shape index (κ3) is 20.4. The average Bonchev–Trinajstić information content (AvgIpc) is 3.43. The highest BCUT2D eigenvalue weighted by Gasteiger charge is 2.19. The Labute approximate surface area is 452 Å². The second-order valence-corrected chi connectivity index (χ2v) is 14.1. The first-order valence-electron chi connectivity index (χ1n) is 22.1. The largest absolute Gasteiger partial charge is 1.00 e. The molecule has 0 saturated heterocycles. The van der Waals surface area contributed by atoms with Crippen LogP contribution in [0.3, 0.4) is 0 Å². The molecule has 0 fully saturated rings. The molecule has 0 aliphatic heterocycles. The Hall–Kier alpha value is -8.11. The van der Waals surface area contributed by atoms with Crippen LogP contribution in [0, 0.1) is 16.2 Å². The average molecular weight is 1090 g/mol. The van der Waals surface area contributed by atoms with E-state index >= 15 is 0 Å². The number of methoxy groups -OCH3 is 3. The van der Waals surface area contributed by atoms with Crippen molar-refractivity contribution in [1.29, 1.82) is 16.2 Å². The number of aliphatic hydroxyl groups excluding tert-OH is 4. The summed E-state index contributed by atoms with van der Waals surface area (Å²) in [5.41, 5.74) is 9.53. The molecular formula is C50H57Cl3N12O10. The van der Waals surface area contributed by atoms with Gasteiger partial charge in [-0.05, 0) is 134 Å². The van der Waals surface area contributed by atoms with Crippen molar-refractivity contribution in [1.82, 2.24) is 0 Å². The van der Waals surface area contributed by atoms with E-state index in [9.17, 15) is 15.3 Å². The van der Waals surface area contributed by atoms with Crippen molar-refractivity contribution in [2.24, 2.45) is 31.2 Å². The lowest BCUT2D eigenvalue weighted by Gasteiger charge is -2.09. The van der Waals surface area contributed by atoms with Crippen LogP contribution < -0.4 is 51.4 Å². The molecule has 0 spiro atoms. The SMILES string of the molecule is CCO.CCON=Nc1ccc(-c2ccc(N=NOCC)c(OC)c2)cc1CO.CCON=Nc1ccc(-c2ccc([N+]#N)c(CO)c2)cc1OC.COc1cc(-c2ccc([N+]#N)c(CO)c2)ccc1[N+]#N.[Cl-].[Cl-].[Cl-]. The number of halogens is 3. The molecule has 0 amide bonds. The van der Waals surface area contributed by atoms with Crippen molar-refractivity contribution in [3.63, 3.8) is 0 Å². The van der Waals surface area contributed by atoms with Gasteiger partial charge in [-0.25, -0.2) is 0 Å². The Bertz CT molecular complexity index is 2790. The molecule has 6 aromatic carbocycles. The Morgan fingerprint density at radius 3 is 0.987 bits per heavy atom. The molecule has 0 atom stereocenters. The maximum absolute atomic E-state index is 9.60. The number of diazo groups is 3. The summed E-state index contributed by atoms with van der Waals surface area (Å²) in [5.74, 6) is 1.55. The van der Waals surface area contributed by atoms with Crippen molar-refractivity contribution < 1.29 is 86.4 Å². The van der Waals surface area contributed by atoms with Gasteiger partial charge < -0.3 is 86.4 Å². The topological polar surface area (TPSA) is 295 Å². The molecule has 6 aromatic rings. The molecule has 0 heterocycles. The Morgan fingerprint density at radius 2 is 0.667 bits per heavy atom. The fourth-order valence-corrected chi connectivity index (χ4v) is 6.18. The standard InChI is InChI=1S/C18H22N4O4.C16H17N4O3.C14H12N4O2.C2H6O.3ClH/c1-4-25-21-19-16-8-6-13(10-15(16)12-23)14-7-9-17(18(11-14)24-3)20-22-26-5-2;1-3-23-20-19-15-7-5-12(9-16(15)22-2)11-4-6-14(18-17)13(8-11)10-21;1-20-14-7-10(3-5-13(14)18-16)9-2-4-12(17-15)11(6-9)8-19;1-2-3;;;/h6-11,23H,4-5,12H2,1-3H3;4-9,21H,3,10H2,1-2H3;2-7,19H,8H2,1H3;3H,2H2,1H3;3*1H/q;+1;+2;;;;/p-3. The van der Waals surface area contributed by atoms with Gasteiger partial charge in [-0.3, -0.25) is 0 Å². The quantitative estimate of drug-likeness (QED) is 0.0536. The van der Waals surface area contributed by atoms with E-state index in [1.807, 2.05) is 57.2 Å². The first kappa shape index (κ1) is 66.9. The van der Waals surface area contributed by atoms with Gasteiger partial charge in [0.25, 0.3) is 0 Å². The molecule has 0 saturated carbocycles. The first-order valence-corrected chi connectivity index (χ1v) is 22.1. The van der Waals surface area contributed by atoms with E-state index in [4.69, 9.17) is 50.0 Å². The number of nitrogens with zero attached hydrogens (tertiary/aromatic N) is 12. The maximum atomic E-state index is 9.60. The minimum absolute atomic E-state index is 0. The van der Waals surface area contributed by atoms with E-state index in [2.05, 4.69) is 46.1 Å². The van der Waals surface area contributed by atoms with Gasteiger partial charge in [-0.1, -0.05) is 18.2 Å². The third-order valence-electron chi connectivity index (χ3n) is 9.62. The van der Waals surface area contributed by atoms with Crippen LogP contribution in [0.5, 0.6) is 17.2 Å². The molecule has 398 valence electrons. The van der Waals surface area contributed by atoms with Gasteiger partial charge in [0.05, 0.1) is 58.0 Å². The van der Waals surface area contributed by atoms with E-state index in [-0.39, 0.29) is 63.6 Å². The minimum Gasteiger partial charge on any atom is -1.00 e. The summed E-state index contributed by atoms with van der Waals surface area (Å²) in [4.78, 5) is 24.0. The fourth-order valence-electron chi connectivity index (χ4n) is 6.18. The first-order chi connectivity index (χ1) is 35.1.